The molecule has 0 fully saturated rings. The van der Waals surface area contributed by atoms with E-state index in [-0.39, 0.29) is 5.82 Å². The molecular formula is C13H15BrFN. The Morgan fingerprint density at radius 2 is 2.31 bits per heavy atom. The van der Waals surface area contributed by atoms with E-state index in [0.717, 1.165) is 10.9 Å². The van der Waals surface area contributed by atoms with Crippen molar-refractivity contribution in [3.8, 4) is 0 Å². The van der Waals surface area contributed by atoms with Gasteiger partial charge in [0.1, 0.15) is 5.82 Å². The Morgan fingerprint density at radius 3 is 3.06 bits per heavy atom. The SMILES string of the molecule is Fc1ccc(Br)cc1CNC1C=CCCC1. The molecule has 0 saturated carbocycles. The van der Waals surface area contributed by atoms with E-state index >= 15 is 0 Å². The zero-order valence-electron chi connectivity index (χ0n) is 9.05. The summed E-state index contributed by atoms with van der Waals surface area (Å²) in [5.41, 5.74) is 0.716. The molecule has 86 valence electrons. The summed E-state index contributed by atoms with van der Waals surface area (Å²) in [6, 6.07) is 5.44. The molecule has 1 atom stereocenters. The van der Waals surface area contributed by atoms with E-state index in [1.807, 2.05) is 6.07 Å². The van der Waals surface area contributed by atoms with Gasteiger partial charge in [0.05, 0.1) is 0 Å². The van der Waals surface area contributed by atoms with Crippen molar-refractivity contribution < 1.29 is 4.39 Å². The molecule has 1 unspecified atom stereocenters. The highest BCUT2D eigenvalue weighted by Gasteiger charge is 2.09. The minimum absolute atomic E-state index is 0.143. The number of allylic oxidation sites excluding steroid dienone is 1. The maximum Gasteiger partial charge on any atom is 0.127 e. The molecule has 0 saturated heterocycles. The lowest BCUT2D eigenvalue weighted by Crippen LogP contribution is -2.28. The van der Waals surface area contributed by atoms with Crippen LogP contribution in [-0.4, -0.2) is 6.04 Å². The Hall–Kier alpha value is -0.670. The highest BCUT2D eigenvalue weighted by atomic mass is 79.9. The number of hydrogen-bond donors (Lipinski definition) is 1. The molecule has 0 spiro atoms. The summed E-state index contributed by atoms with van der Waals surface area (Å²) in [6.07, 6.45) is 7.91. The van der Waals surface area contributed by atoms with Crippen molar-refractivity contribution >= 4 is 15.9 Å². The Balaban J connectivity index is 1.95. The quantitative estimate of drug-likeness (QED) is 0.833. The molecule has 2 rings (SSSR count). The number of nitrogens with one attached hydrogen (secondary N) is 1. The molecule has 0 amide bonds. The van der Waals surface area contributed by atoms with Gasteiger partial charge in [-0.15, -0.1) is 0 Å². The zero-order chi connectivity index (χ0) is 11.4. The molecule has 1 aliphatic rings. The minimum atomic E-state index is -0.143. The van der Waals surface area contributed by atoms with Crippen molar-refractivity contribution in [1.29, 1.82) is 0 Å². The number of halogens is 2. The second kappa shape index (κ2) is 5.60. The molecule has 0 aromatic heterocycles. The smallest absolute Gasteiger partial charge is 0.127 e. The van der Waals surface area contributed by atoms with Crippen LogP contribution in [0.25, 0.3) is 0 Å². The molecule has 1 aromatic carbocycles. The second-order valence-electron chi connectivity index (χ2n) is 4.08. The molecule has 3 heteroatoms. The van der Waals surface area contributed by atoms with Gasteiger partial charge in [-0.3, -0.25) is 0 Å². The summed E-state index contributed by atoms with van der Waals surface area (Å²) in [4.78, 5) is 0. The lowest BCUT2D eigenvalue weighted by Gasteiger charge is -2.18. The Kier molecular flexibility index (Phi) is 4.13. The molecule has 1 nitrogen and oxygen atoms in total. The van der Waals surface area contributed by atoms with Gasteiger partial charge in [0.25, 0.3) is 0 Å². The molecule has 0 aliphatic heterocycles. The van der Waals surface area contributed by atoms with Crippen molar-refractivity contribution in [2.24, 2.45) is 0 Å². The molecule has 0 bridgehead atoms. The molecule has 16 heavy (non-hydrogen) atoms. The van der Waals surface area contributed by atoms with E-state index < -0.39 is 0 Å². The summed E-state index contributed by atoms with van der Waals surface area (Å²) >= 11 is 3.35. The predicted molar refractivity (Wildman–Crippen MR) is 67.7 cm³/mol. The summed E-state index contributed by atoms with van der Waals surface area (Å²) in [5.74, 6) is -0.143. The average molecular weight is 284 g/mol. The van der Waals surface area contributed by atoms with Gasteiger partial charge in [-0.25, -0.2) is 4.39 Å². The van der Waals surface area contributed by atoms with Gasteiger partial charge in [-0.05, 0) is 37.5 Å². The first-order valence-corrected chi connectivity index (χ1v) is 6.39. The molecule has 1 N–H and O–H groups in total. The molecule has 1 aliphatic carbocycles. The molecular weight excluding hydrogens is 269 g/mol. The maximum atomic E-state index is 13.4. The number of benzene rings is 1. The Bertz CT molecular complexity index is 390. The predicted octanol–water partition coefficient (Wildman–Crippen LogP) is 3.79. The largest absolute Gasteiger partial charge is 0.306 e. The van der Waals surface area contributed by atoms with E-state index in [4.69, 9.17) is 0 Å². The van der Waals surface area contributed by atoms with Crippen LogP contribution in [0.2, 0.25) is 0 Å². The highest BCUT2D eigenvalue weighted by molar-refractivity contribution is 9.10. The van der Waals surface area contributed by atoms with Crippen molar-refractivity contribution in [3.63, 3.8) is 0 Å². The topological polar surface area (TPSA) is 12.0 Å². The van der Waals surface area contributed by atoms with Crippen LogP contribution in [0.1, 0.15) is 24.8 Å². The van der Waals surface area contributed by atoms with Crippen LogP contribution in [-0.2, 0) is 6.54 Å². The van der Waals surface area contributed by atoms with Crippen LogP contribution in [0.4, 0.5) is 4.39 Å². The second-order valence-corrected chi connectivity index (χ2v) is 5.00. The molecule has 0 radical (unpaired) electrons. The van der Waals surface area contributed by atoms with Crippen molar-refractivity contribution in [2.75, 3.05) is 0 Å². The van der Waals surface area contributed by atoms with E-state index in [1.54, 1.807) is 6.07 Å². The van der Waals surface area contributed by atoms with Gasteiger partial charge in [0.15, 0.2) is 0 Å². The van der Waals surface area contributed by atoms with E-state index in [1.165, 1.54) is 18.9 Å². The van der Waals surface area contributed by atoms with Gasteiger partial charge < -0.3 is 5.32 Å². The summed E-state index contributed by atoms with van der Waals surface area (Å²) in [7, 11) is 0. The number of hydrogen-bond acceptors (Lipinski definition) is 1. The highest BCUT2D eigenvalue weighted by Crippen LogP contribution is 2.16. The van der Waals surface area contributed by atoms with Gasteiger partial charge >= 0.3 is 0 Å². The third-order valence-corrected chi connectivity index (χ3v) is 3.31. The van der Waals surface area contributed by atoms with Crippen LogP contribution < -0.4 is 5.32 Å². The third-order valence-electron chi connectivity index (χ3n) is 2.82. The van der Waals surface area contributed by atoms with Crippen LogP contribution in [0.3, 0.4) is 0 Å². The third kappa shape index (κ3) is 3.16. The van der Waals surface area contributed by atoms with Crippen LogP contribution >= 0.6 is 15.9 Å². The van der Waals surface area contributed by atoms with E-state index in [2.05, 4.69) is 33.4 Å². The number of rotatable bonds is 3. The first-order chi connectivity index (χ1) is 7.75. The van der Waals surface area contributed by atoms with Crippen LogP contribution in [0.5, 0.6) is 0 Å². The van der Waals surface area contributed by atoms with Crippen molar-refractivity contribution in [2.45, 2.75) is 31.8 Å². The minimum Gasteiger partial charge on any atom is -0.306 e. The summed E-state index contributed by atoms with van der Waals surface area (Å²) in [6.45, 7) is 0.584. The molecule has 0 heterocycles. The fourth-order valence-electron chi connectivity index (χ4n) is 1.90. The zero-order valence-corrected chi connectivity index (χ0v) is 10.6. The van der Waals surface area contributed by atoms with Gasteiger partial charge in [-0.2, -0.15) is 0 Å². The first-order valence-electron chi connectivity index (χ1n) is 5.59. The first kappa shape index (κ1) is 11.8. The standard InChI is InChI=1S/C13H15BrFN/c14-11-6-7-13(15)10(8-11)9-16-12-4-2-1-3-5-12/h2,4,6-8,12,16H,1,3,5,9H2. The van der Waals surface area contributed by atoms with Gasteiger partial charge in [0, 0.05) is 22.6 Å². The Morgan fingerprint density at radius 1 is 1.44 bits per heavy atom. The van der Waals surface area contributed by atoms with Gasteiger partial charge in [0.2, 0.25) is 0 Å². The lowest BCUT2D eigenvalue weighted by atomic mass is 10.0. The monoisotopic (exact) mass is 283 g/mol. The van der Waals surface area contributed by atoms with Crippen LogP contribution in [0.15, 0.2) is 34.8 Å². The molecule has 1 aromatic rings. The maximum absolute atomic E-state index is 13.4. The average Bonchev–Trinajstić information content (AvgIpc) is 2.32. The van der Waals surface area contributed by atoms with Crippen molar-refractivity contribution in [1.82, 2.24) is 5.32 Å². The van der Waals surface area contributed by atoms with E-state index in [9.17, 15) is 4.39 Å². The fraction of sp³-hybridized carbons (Fsp3) is 0.385. The summed E-state index contributed by atoms with van der Waals surface area (Å²) < 4.78 is 14.4. The van der Waals surface area contributed by atoms with Gasteiger partial charge in [-0.1, -0.05) is 28.1 Å². The summed E-state index contributed by atoms with van der Waals surface area (Å²) in [5, 5.41) is 3.36. The van der Waals surface area contributed by atoms with Crippen LogP contribution in [0, 0.1) is 5.82 Å². The normalized spacial score (nSPS) is 20.0. The Labute approximate surface area is 104 Å². The van der Waals surface area contributed by atoms with E-state index in [0.29, 0.717) is 18.2 Å². The van der Waals surface area contributed by atoms with Crippen molar-refractivity contribution in [3.05, 3.63) is 46.2 Å². The lowest BCUT2D eigenvalue weighted by molar-refractivity contribution is 0.509. The fourth-order valence-corrected chi connectivity index (χ4v) is 2.31.